The van der Waals surface area contributed by atoms with Gasteiger partial charge in [0.1, 0.15) is 48.2 Å². The number of aromatic nitrogens is 8. The summed E-state index contributed by atoms with van der Waals surface area (Å²) in [5.74, 6) is -1.23. The van der Waals surface area contributed by atoms with E-state index in [0.717, 1.165) is 23.5 Å². The molecule has 0 bridgehead atoms. The number of rotatable bonds is 10. The lowest BCUT2D eigenvalue weighted by Gasteiger charge is -2.30. The second-order valence-corrected chi connectivity index (χ2v) is 17.2. The molecule has 328 valence electrons. The Morgan fingerprint density at radius 1 is 0.767 bits per heavy atom. The van der Waals surface area contributed by atoms with Gasteiger partial charge in [0.15, 0.2) is 35.3 Å². The zero-order chi connectivity index (χ0) is 42.9. The third kappa shape index (κ3) is 9.28. The number of imidazole rings is 2. The molecule has 10 unspecified atom stereocenters. The Morgan fingerprint density at radius 3 is 1.85 bits per heavy atom. The monoisotopic (exact) mass is 892 g/mol. The molecule has 4 N–H and O–H groups in total. The van der Waals surface area contributed by atoms with Crippen LogP contribution in [0.5, 0.6) is 0 Å². The van der Waals surface area contributed by atoms with Crippen LogP contribution in [-0.4, -0.2) is 121 Å². The van der Waals surface area contributed by atoms with Crippen molar-refractivity contribution in [1.29, 1.82) is 0 Å². The number of phosphoric ester groups is 2. The summed E-state index contributed by atoms with van der Waals surface area (Å²) in [5, 5.41) is 0. The van der Waals surface area contributed by atoms with Crippen molar-refractivity contribution in [3.63, 3.8) is 0 Å². The van der Waals surface area contributed by atoms with Crippen LogP contribution in [0.3, 0.4) is 0 Å². The second kappa shape index (κ2) is 17.7. The molecule has 29 heteroatoms. The van der Waals surface area contributed by atoms with Crippen molar-refractivity contribution >= 4 is 61.9 Å². The molecule has 0 radical (unpaired) electrons. The molecule has 6 heterocycles. The summed E-state index contributed by atoms with van der Waals surface area (Å²) in [6.45, 7) is 2.34. The number of anilines is 2. The quantitative estimate of drug-likeness (QED) is 0.129. The first-order valence-electron chi connectivity index (χ1n) is 18.2. The van der Waals surface area contributed by atoms with Gasteiger partial charge in [-0.2, -0.15) is 0 Å². The maximum absolute atomic E-state index is 16.9. The summed E-state index contributed by atoms with van der Waals surface area (Å²) in [4.78, 5) is 48.6. The first-order valence-corrected chi connectivity index (χ1v) is 21.1. The Balaban J connectivity index is 1.23. The molecule has 2 saturated heterocycles. The highest BCUT2D eigenvalue weighted by Crippen LogP contribution is 2.59. The van der Waals surface area contributed by atoms with E-state index in [-0.39, 0.29) is 40.4 Å². The molecular formula is C31H40F2N10O15P2. The first-order chi connectivity index (χ1) is 28.5. The number of carbonyl (C=O) groups is 2. The lowest BCUT2D eigenvalue weighted by atomic mass is 10.1. The van der Waals surface area contributed by atoms with Crippen molar-refractivity contribution in [1.82, 2.24) is 39.0 Å². The second-order valence-electron chi connectivity index (χ2n) is 13.9. The van der Waals surface area contributed by atoms with Gasteiger partial charge in [0, 0.05) is 5.92 Å². The minimum Gasteiger partial charge on any atom is -0.432 e. The minimum atomic E-state index is -5.07. The number of nitrogens with two attached hydrogens (primary N) is 2. The van der Waals surface area contributed by atoms with Crippen molar-refractivity contribution in [2.24, 2.45) is 5.92 Å². The molecule has 1 saturated carbocycles. The van der Waals surface area contributed by atoms with Crippen LogP contribution in [0.2, 0.25) is 0 Å². The van der Waals surface area contributed by atoms with E-state index in [4.69, 9.17) is 62.3 Å². The lowest BCUT2D eigenvalue weighted by Crippen LogP contribution is -2.36. The number of phosphoric acid groups is 2. The van der Waals surface area contributed by atoms with Gasteiger partial charge < -0.3 is 39.7 Å². The van der Waals surface area contributed by atoms with Crippen LogP contribution < -0.4 is 11.5 Å². The first kappa shape index (κ1) is 43.4. The van der Waals surface area contributed by atoms with Crippen molar-refractivity contribution in [2.75, 3.05) is 38.3 Å². The van der Waals surface area contributed by atoms with Crippen molar-refractivity contribution < 1.29 is 78.3 Å². The van der Waals surface area contributed by atoms with E-state index < -0.39 is 116 Å². The zero-order valence-electron chi connectivity index (χ0n) is 32.1. The molecule has 25 nitrogen and oxygen atoms in total. The number of nitrogen functional groups attached to an aromatic ring is 2. The molecule has 2 aliphatic heterocycles. The Hall–Kier alpha value is -4.72. The number of fused-ring (bicyclic) bond motifs is 4. The molecular weight excluding hydrogens is 852 g/mol. The SMILES string of the molecule is CC(C)OC(=O)OCOP1(=O)OCC2OC(n3cnc4c(N)ncnc43)C(F)C2OP(=O)(OCOC(=O)OC(C)C)OCC2CC(n3cnc4c(N)ncnc43)C(F)C2O1. The van der Waals surface area contributed by atoms with E-state index in [9.17, 15) is 18.7 Å². The maximum atomic E-state index is 16.9. The maximum Gasteiger partial charge on any atom is 0.510 e. The van der Waals surface area contributed by atoms with Gasteiger partial charge in [-0.1, -0.05) is 0 Å². The van der Waals surface area contributed by atoms with E-state index in [1.165, 1.54) is 10.9 Å². The van der Waals surface area contributed by atoms with Gasteiger partial charge in [0.25, 0.3) is 0 Å². The summed E-state index contributed by atoms with van der Waals surface area (Å²) in [5.41, 5.74) is 12.3. The van der Waals surface area contributed by atoms with Crippen molar-refractivity contribution in [3.05, 3.63) is 25.3 Å². The van der Waals surface area contributed by atoms with Crippen LogP contribution in [0, 0.1) is 5.92 Å². The Kier molecular flexibility index (Phi) is 12.8. The van der Waals surface area contributed by atoms with E-state index in [1.54, 1.807) is 27.7 Å². The number of nitrogens with zero attached hydrogens (tertiary/aromatic N) is 8. The molecule has 4 aromatic heterocycles. The van der Waals surface area contributed by atoms with Gasteiger partial charge in [-0.25, -0.2) is 66.5 Å². The number of halogens is 2. The zero-order valence-corrected chi connectivity index (χ0v) is 33.9. The molecule has 60 heavy (non-hydrogen) atoms. The van der Waals surface area contributed by atoms with E-state index in [1.807, 2.05) is 0 Å². The van der Waals surface area contributed by atoms with Gasteiger partial charge in [0.2, 0.25) is 13.6 Å². The Bertz CT molecular complexity index is 2130. The van der Waals surface area contributed by atoms with Crippen LogP contribution in [-0.2, 0) is 60.0 Å². The summed E-state index contributed by atoms with van der Waals surface area (Å²) in [6.07, 6.45) is -10.6. The molecule has 0 amide bonds. The highest BCUT2D eigenvalue weighted by atomic mass is 31.2. The van der Waals surface area contributed by atoms with E-state index in [0.29, 0.717) is 0 Å². The standard InChI is InChI=1S/C31H40F2N10O15P2/c1-14(2)54-30(44)48-12-52-59(46)50-6-16-5-17(42-10-40-21-25(34)36-8-38-27(21)42)19(32)23(16)57-60(47,53-13-49-31(45)55-15(3)4)51-7-18-24(58-59)20(33)29(56-18)43-11-41-22-26(35)37-9-39-28(22)43/h8-11,14-20,23-24,29H,5-7,12-13H2,1-4H3,(H2,34,36,38)(H2,35,37,39). The Labute approximate surface area is 337 Å². The van der Waals surface area contributed by atoms with Crippen LogP contribution in [0.15, 0.2) is 25.3 Å². The van der Waals surface area contributed by atoms with Gasteiger partial charge >= 0.3 is 28.0 Å². The van der Waals surface area contributed by atoms with Gasteiger partial charge in [0.05, 0.1) is 44.1 Å². The predicted molar refractivity (Wildman–Crippen MR) is 194 cm³/mol. The normalized spacial score (nSPS) is 31.1. The van der Waals surface area contributed by atoms with Crippen LogP contribution in [0.1, 0.15) is 46.4 Å². The predicted octanol–water partition coefficient (Wildman–Crippen LogP) is 4.07. The van der Waals surface area contributed by atoms with Gasteiger partial charge in [-0.15, -0.1) is 0 Å². The van der Waals surface area contributed by atoms with Crippen LogP contribution in [0.4, 0.5) is 30.0 Å². The molecule has 1 aliphatic carbocycles. The number of hydrogen-bond acceptors (Lipinski definition) is 23. The fraction of sp³-hybridized carbons (Fsp3) is 0.613. The van der Waals surface area contributed by atoms with Crippen LogP contribution >= 0.6 is 15.6 Å². The smallest absolute Gasteiger partial charge is 0.432 e. The van der Waals surface area contributed by atoms with Crippen molar-refractivity contribution in [3.8, 4) is 0 Å². The highest BCUT2D eigenvalue weighted by molar-refractivity contribution is 7.48. The summed E-state index contributed by atoms with van der Waals surface area (Å²) >= 11 is 0. The lowest BCUT2D eigenvalue weighted by molar-refractivity contribution is -0.0735. The summed E-state index contributed by atoms with van der Waals surface area (Å²) < 4.78 is 124. The molecule has 0 aromatic carbocycles. The van der Waals surface area contributed by atoms with Gasteiger partial charge in [-0.05, 0) is 34.1 Å². The van der Waals surface area contributed by atoms with E-state index >= 15 is 8.78 Å². The highest BCUT2D eigenvalue weighted by Gasteiger charge is 2.55. The number of carbonyl (C=O) groups excluding carboxylic acids is 2. The van der Waals surface area contributed by atoms with Crippen molar-refractivity contribution in [2.45, 2.75) is 89.2 Å². The summed E-state index contributed by atoms with van der Waals surface area (Å²) in [7, 11) is -10.1. The minimum absolute atomic E-state index is 0.00931. The average Bonchev–Trinajstić information content (AvgIpc) is 3.94. The van der Waals surface area contributed by atoms with E-state index in [2.05, 4.69) is 29.9 Å². The topological polar surface area (TPSA) is 309 Å². The Morgan fingerprint density at radius 2 is 1.28 bits per heavy atom. The third-order valence-electron chi connectivity index (χ3n) is 9.15. The average molecular weight is 893 g/mol. The molecule has 3 aliphatic rings. The van der Waals surface area contributed by atoms with Crippen LogP contribution in [0.25, 0.3) is 22.3 Å². The number of hydrogen-bond donors (Lipinski definition) is 2. The molecule has 3 fully saturated rings. The fourth-order valence-corrected chi connectivity index (χ4v) is 9.15. The molecule has 7 rings (SSSR count). The molecule has 0 spiro atoms. The summed E-state index contributed by atoms with van der Waals surface area (Å²) in [6, 6.07) is -1.18. The largest absolute Gasteiger partial charge is 0.510 e. The third-order valence-corrected chi connectivity index (χ3v) is 11.9. The molecule has 10 atom stereocenters. The fourth-order valence-electron chi connectivity index (χ4n) is 6.55. The number of ether oxygens (including phenoxy) is 5. The van der Waals surface area contributed by atoms with Gasteiger partial charge in [-0.3, -0.25) is 22.7 Å². The molecule has 4 aromatic rings. The number of alkyl halides is 2.